The Morgan fingerprint density at radius 2 is 2.00 bits per heavy atom. The fraction of sp³-hybridized carbons (Fsp3) is 0.417. The van der Waals surface area contributed by atoms with Gasteiger partial charge < -0.3 is 4.90 Å². The van der Waals surface area contributed by atoms with Gasteiger partial charge in [-0.3, -0.25) is 4.79 Å². The molecule has 1 rings (SSSR count). The molecule has 0 fully saturated rings. The largest absolute Gasteiger partial charge is 0.370 e. The Kier molecular flexibility index (Phi) is 3.45. The molecular weight excluding hydrogens is 193 g/mol. The minimum Gasteiger partial charge on any atom is -0.370 e. The van der Waals surface area contributed by atoms with Crippen LogP contribution >= 0.6 is 0 Å². The Labute approximate surface area is 89.7 Å². The fourth-order valence-corrected chi connectivity index (χ4v) is 1.29. The first-order valence-corrected chi connectivity index (χ1v) is 4.96. The third kappa shape index (κ3) is 2.55. The zero-order valence-electron chi connectivity index (χ0n) is 9.54. The van der Waals surface area contributed by atoms with Crippen LogP contribution < -0.4 is 4.90 Å². The lowest BCUT2D eigenvalue weighted by atomic mass is 10.1. The van der Waals surface area contributed by atoms with E-state index in [9.17, 15) is 9.18 Å². The van der Waals surface area contributed by atoms with Crippen LogP contribution in [0.1, 0.15) is 31.1 Å². The van der Waals surface area contributed by atoms with E-state index in [0.717, 1.165) is 0 Å². The topological polar surface area (TPSA) is 20.3 Å². The second-order valence-electron chi connectivity index (χ2n) is 3.93. The average Bonchev–Trinajstić information content (AvgIpc) is 2.16. The molecule has 0 aliphatic rings. The summed E-state index contributed by atoms with van der Waals surface area (Å²) in [5, 5.41) is 0. The highest BCUT2D eigenvalue weighted by Crippen LogP contribution is 2.21. The highest BCUT2D eigenvalue weighted by atomic mass is 19.1. The van der Waals surface area contributed by atoms with Crippen molar-refractivity contribution < 1.29 is 9.18 Å². The summed E-state index contributed by atoms with van der Waals surface area (Å²) in [6.45, 7) is 5.40. The first kappa shape index (κ1) is 11.7. The minimum absolute atomic E-state index is 0.118. The monoisotopic (exact) mass is 209 g/mol. The lowest BCUT2D eigenvalue weighted by Gasteiger charge is -2.24. The zero-order chi connectivity index (χ0) is 11.6. The van der Waals surface area contributed by atoms with Crippen molar-refractivity contribution in [2.24, 2.45) is 0 Å². The summed E-state index contributed by atoms with van der Waals surface area (Å²) in [7, 11) is 1.83. The van der Waals surface area contributed by atoms with Gasteiger partial charge in [0.15, 0.2) is 5.78 Å². The van der Waals surface area contributed by atoms with Crippen LogP contribution in [-0.4, -0.2) is 18.9 Å². The van der Waals surface area contributed by atoms with Gasteiger partial charge in [-0.2, -0.15) is 0 Å². The van der Waals surface area contributed by atoms with E-state index in [2.05, 4.69) is 0 Å². The molecule has 0 aromatic heterocycles. The quantitative estimate of drug-likeness (QED) is 0.713. The molecule has 82 valence electrons. The van der Waals surface area contributed by atoms with Crippen molar-refractivity contribution in [3.63, 3.8) is 0 Å². The predicted octanol–water partition coefficient (Wildman–Crippen LogP) is 2.87. The maximum absolute atomic E-state index is 13.6. The van der Waals surface area contributed by atoms with Gasteiger partial charge in [-0.05, 0) is 39.0 Å². The molecule has 0 aliphatic heterocycles. The van der Waals surface area contributed by atoms with Crippen molar-refractivity contribution in [2.45, 2.75) is 26.8 Å². The molecule has 3 heteroatoms. The normalized spacial score (nSPS) is 10.5. The molecule has 1 aromatic carbocycles. The molecule has 0 saturated heterocycles. The van der Waals surface area contributed by atoms with E-state index in [4.69, 9.17) is 0 Å². The van der Waals surface area contributed by atoms with Crippen LogP contribution in [0.4, 0.5) is 10.1 Å². The molecular formula is C12H16FNO. The Morgan fingerprint density at radius 1 is 1.40 bits per heavy atom. The molecule has 0 bridgehead atoms. The third-order valence-electron chi connectivity index (χ3n) is 2.51. The summed E-state index contributed by atoms with van der Waals surface area (Å²) >= 11 is 0. The van der Waals surface area contributed by atoms with Crippen LogP contribution in [0.3, 0.4) is 0 Å². The third-order valence-corrected chi connectivity index (χ3v) is 2.51. The second-order valence-corrected chi connectivity index (χ2v) is 3.93. The van der Waals surface area contributed by atoms with Gasteiger partial charge in [-0.25, -0.2) is 4.39 Å². The summed E-state index contributed by atoms with van der Waals surface area (Å²) < 4.78 is 13.6. The molecule has 2 nitrogen and oxygen atoms in total. The van der Waals surface area contributed by atoms with Gasteiger partial charge >= 0.3 is 0 Å². The van der Waals surface area contributed by atoms with Crippen LogP contribution in [0.15, 0.2) is 18.2 Å². The van der Waals surface area contributed by atoms with E-state index in [1.165, 1.54) is 13.0 Å². The molecule has 0 unspecified atom stereocenters. The Morgan fingerprint density at radius 3 is 2.40 bits per heavy atom. The SMILES string of the molecule is CC(=O)c1ccc(N(C)C(C)C)c(F)c1. The minimum atomic E-state index is -0.348. The summed E-state index contributed by atoms with van der Waals surface area (Å²) in [6.07, 6.45) is 0. The van der Waals surface area contributed by atoms with Gasteiger partial charge in [0, 0.05) is 18.7 Å². The average molecular weight is 209 g/mol. The molecule has 0 heterocycles. The molecule has 0 radical (unpaired) electrons. The summed E-state index contributed by atoms with van der Waals surface area (Å²) in [5.74, 6) is -0.466. The number of nitrogens with zero attached hydrogens (tertiary/aromatic N) is 1. The highest BCUT2D eigenvalue weighted by Gasteiger charge is 2.11. The number of rotatable bonds is 3. The smallest absolute Gasteiger partial charge is 0.159 e. The Balaban J connectivity index is 3.08. The number of hydrogen-bond acceptors (Lipinski definition) is 2. The first-order valence-electron chi connectivity index (χ1n) is 4.96. The van der Waals surface area contributed by atoms with Crippen molar-refractivity contribution in [3.05, 3.63) is 29.6 Å². The maximum Gasteiger partial charge on any atom is 0.159 e. The molecule has 0 aliphatic carbocycles. The summed E-state index contributed by atoms with van der Waals surface area (Å²) in [6, 6.07) is 4.81. The fourth-order valence-electron chi connectivity index (χ4n) is 1.29. The number of ketones is 1. The first-order chi connectivity index (χ1) is 6.93. The summed E-state index contributed by atoms with van der Waals surface area (Å²) in [5.41, 5.74) is 0.934. The molecule has 0 spiro atoms. The molecule has 0 saturated carbocycles. The lowest BCUT2D eigenvalue weighted by molar-refractivity contribution is 0.101. The van der Waals surface area contributed by atoms with Crippen molar-refractivity contribution in [1.82, 2.24) is 0 Å². The van der Waals surface area contributed by atoms with E-state index < -0.39 is 0 Å². The zero-order valence-corrected chi connectivity index (χ0v) is 9.54. The van der Waals surface area contributed by atoms with Gasteiger partial charge in [-0.1, -0.05) is 0 Å². The lowest BCUT2D eigenvalue weighted by Crippen LogP contribution is -2.26. The number of hydrogen-bond donors (Lipinski definition) is 0. The number of carbonyl (C=O) groups is 1. The Hall–Kier alpha value is -1.38. The number of anilines is 1. The second kappa shape index (κ2) is 4.43. The van der Waals surface area contributed by atoms with Crippen LogP contribution in [0.2, 0.25) is 0 Å². The number of benzene rings is 1. The van der Waals surface area contributed by atoms with Crippen molar-refractivity contribution in [3.8, 4) is 0 Å². The van der Waals surface area contributed by atoms with Crippen LogP contribution in [-0.2, 0) is 0 Å². The molecule has 0 atom stereocenters. The maximum atomic E-state index is 13.6. The van der Waals surface area contributed by atoms with E-state index in [1.807, 2.05) is 25.8 Å². The molecule has 1 aromatic rings. The van der Waals surface area contributed by atoms with Gasteiger partial charge in [-0.15, -0.1) is 0 Å². The number of carbonyl (C=O) groups excluding carboxylic acids is 1. The Bertz CT molecular complexity index is 374. The van der Waals surface area contributed by atoms with Crippen LogP contribution in [0.25, 0.3) is 0 Å². The van der Waals surface area contributed by atoms with Crippen molar-refractivity contribution in [1.29, 1.82) is 0 Å². The standard InChI is InChI=1S/C12H16FNO/c1-8(2)14(4)12-6-5-10(9(3)15)7-11(12)13/h5-8H,1-4H3. The van der Waals surface area contributed by atoms with Gasteiger partial charge in [0.05, 0.1) is 5.69 Å². The van der Waals surface area contributed by atoms with Crippen LogP contribution in [0, 0.1) is 5.82 Å². The predicted molar refractivity (Wildman–Crippen MR) is 59.9 cm³/mol. The van der Waals surface area contributed by atoms with Crippen molar-refractivity contribution >= 4 is 11.5 Å². The summed E-state index contributed by atoms with van der Waals surface area (Å²) in [4.78, 5) is 12.9. The number of halogens is 1. The number of Topliss-reactive ketones (excluding diaryl/α,β-unsaturated/α-hetero) is 1. The van der Waals surface area contributed by atoms with Gasteiger partial charge in [0.25, 0.3) is 0 Å². The van der Waals surface area contributed by atoms with E-state index in [-0.39, 0.29) is 17.6 Å². The molecule has 0 N–H and O–H groups in total. The van der Waals surface area contributed by atoms with Crippen LogP contribution in [0.5, 0.6) is 0 Å². The van der Waals surface area contributed by atoms with E-state index >= 15 is 0 Å². The molecule has 0 amide bonds. The van der Waals surface area contributed by atoms with Crippen molar-refractivity contribution in [2.75, 3.05) is 11.9 Å². The highest BCUT2D eigenvalue weighted by molar-refractivity contribution is 5.94. The van der Waals surface area contributed by atoms with Gasteiger partial charge in [0.2, 0.25) is 0 Å². The van der Waals surface area contributed by atoms with E-state index in [0.29, 0.717) is 11.3 Å². The molecule has 15 heavy (non-hydrogen) atoms. The van der Waals surface area contributed by atoms with E-state index in [1.54, 1.807) is 12.1 Å². The van der Waals surface area contributed by atoms with Gasteiger partial charge in [0.1, 0.15) is 5.82 Å².